The number of esters is 1. The number of carbonyl (C=O) groups is 1. The van der Waals surface area contributed by atoms with Gasteiger partial charge >= 0.3 is 5.97 Å². The van der Waals surface area contributed by atoms with E-state index in [0.29, 0.717) is 5.69 Å². The van der Waals surface area contributed by atoms with Gasteiger partial charge in [-0.25, -0.2) is 9.78 Å². The number of aromatic nitrogens is 1. The average Bonchev–Trinajstić information content (AvgIpc) is 2.84. The van der Waals surface area contributed by atoms with Crippen LogP contribution in [0.4, 0.5) is 0 Å². The maximum atomic E-state index is 11.3. The standard InChI is InChI=1S/C10H9NO2S2/c1-6-8(10(12)13-2)11-9(15-6)7-4-3-5-14-7/h3-5H,1-2H3. The van der Waals surface area contributed by atoms with Gasteiger partial charge in [-0.1, -0.05) is 6.07 Å². The molecule has 0 unspecified atom stereocenters. The molecule has 0 saturated carbocycles. The van der Waals surface area contributed by atoms with E-state index in [1.54, 1.807) is 11.3 Å². The van der Waals surface area contributed by atoms with Crippen LogP contribution in [0, 0.1) is 6.92 Å². The van der Waals surface area contributed by atoms with Gasteiger partial charge < -0.3 is 4.74 Å². The Kier molecular flexibility index (Phi) is 2.83. The lowest BCUT2D eigenvalue weighted by Gasteiger charge is -1.93. The van der Waals surface area contributed by atoms with Crippen LogP contribution in [0.5, 0.6) is 0 Å². The van der Waals surface area contributed by atoms with Crippen LogP contribution in [0.1, 0.15) is 15.4 Å². The Morgan fingerprint density at radius 2 is 2.33 bits per heavy atom. The second-order valence-electron chi connectivity index (χ2n) is 2.89. The maximum absolute atomic E-state index is 11.3. The molecule has 0 aliphatic rings. The summed E-state index contributed by atoms with van der Waals surface area (Å²) < 4.78 is 4.66. The molecular formula is C10H9NO2S2. The number of nitrogens with zero attached hydrogens (tertiary/aromatic N) is 1. The van der Waals surface area contributed by atoms with Crippen molar-refractivity contribution >= 4 is 28.6 Å². The molecule has 2 aromatic heterocycles. The van der Waals surface area contributed by atoms with Gasteiger partial charge in [-0.05, 0) is 18.4 Å². The van der Waals surface area contributed by atoms with Gasteiger partial charge in [0, 0.05) is 4.88 Å². The minimum absolute atomic E-state index is 0.369. The SMILES string of the molecule is COC(=O)c1nc(-c2cccs2)sc1C. The first-order valence-corrected chi connectivity index (χ1v) is 6.01. The molecule has 5 heteroatoms. The molecule has 0 spiro atoms. The lowest BCUT2D eigenvalue weighted by molar-refractivity contribution is 0.0594. The fourth-order valence-corrected chi connectivity index (χ4v) is 2.89. The highest BCUT2D eigenvalue weighted by Crippen LogP contribution is 2.30. The Balaban J connectivity index is 2.41. The fraction of sp³-hybridized carbons (Fsp3) is 0.200. The number of carbonyl (C=O) groups excluding carboxylic acids is 1. The Hall–Kier alpha value is -1.20. The molecule has 3 nitrogen and oxygen atoms in total. The Labute approximate surface area is 95.4 Å². The molecule has 0 radical (unpaired) electrons. The van der Waals surface area contributed by atoms with Gasteiger partial charge in [-0.3, -0.25) is 0 Å². The van der Waals surface area contributed by atoms with Gasteiger partial charge in [0.2, 0.25) is 0 Å². The number of hydrogen-bond donors (Lipinski definition) is 0. The summed E-state index contributed by atoms with van der Waals surface area (Å²) in [5.41, 5.74) is 0.422. The predicted octanol–water partition coefficient (Wildman–Crippen LogP) is 2.97. The van der Waals surface area contributed by atoms with Gasteiger partial charge in [-0.2, -0.15) is 0 Å². The largest absolute Gasteiger partial charge is 0.464 e. The van der Waals surface area contributed by atoms with E-state index >= 15 is 0 Å². The van der Waals surface area contributed by atoms with Crippen molar-refractivity contribution in [2.24, 2.45) is 0 Å². The number of thiophene rings is 1. The van der Waals surface area contributed by atoms with Crippen LogP contribution in [-0.4, -0.2) is 18.1 Å². The zero-order chi connectivity index (χ0) is 10.8. The monoisotopic (exact) mass is 239 g/mol. The molecule has 2 rings (SSSR count). The number of aryl methyl sites for hydroxylation is 1. The molecule has 0 amide bonds. The highest BCUT2D eigenvalue weighted by atomic mass is 32.1. The van der Waals surface area contributed by atoms with Gasteiger partial charge in [0.15, 0.2) is 5.69 Å². The first-order valence-electron chi connectivity index (χ1n) is 4.32. The highest BCUT2D eigenvalue weighted by molar-refractivity contribution is 7.21. The number of hydrogen-bond acceptors (Lipinski definition) is 5. The summed E-state index contributed by atoms with van der Waals surface area (Å²) in [5.74, 6) is -0.369. The van der Waals surface area contributed by atoms with Gasteiger partial charge in [-0.15, -0.1) is 22.7 Å². The normalized spacial score (nSPS) is 10.3. The molecule has 2 heterocycles. The summed E-state index contributed by atoms with van der Waals surface area (Å²) >= 11 is 3.13. The van der Waals surface area contributed by atoms with E-state index in [2.05, 4.69) is 9.72 Å². The third-order valence-electron chi connectivity index (χ3n) is 1.91. The summed E-state index contributed by atoms with van der Waals surface area (Å²) in [6.45, 7) is 1.88. The lowest BCUT2D eigenvalue weighted by Crippen LogP contribution is -2.02. The van der Waals surface area contributed by atoms with E-state index in [9.17, 15) is 4.79 Å². The molecule has 0 N–H and O–H groups in total. The lowest BCUT2D eigenvalue weighted by atomic mass is 10.4. The summed E-state index contributed by atoms with van der Waals surface area (Å²) in [4.78, 5) is 17.6. The van der Waals surface area contributed by atoms with Crippen molar-refractivity contribution in [3.05, 3.63) is 28.1 Å². The quantitative estimate of drug-likeness (QED) is 0.756. The smallest absolute Gasteiger partial charge is 0.357 e. The minimum Gasteiger partial charge on any atom is -0.464 e. The predicted molar refractivity (Wildman–Crippen MR) is 61.5 cm³/mol. The van der Waals surface area contributed by atoms with Crippen LogP contribution < -0.4 is 0 Å². The van der Waals surface area contributed by atoms with E-state index in [1.165, 1.54) is 18.4 Å². The second-order valence-corrected chi connectivity index (χ2v) is 5.04. The molecule has 0 aliphatic carbocycles. The fourth-order valence-electron chi connectivity index (χ4n) is 1.19. The third-order valence-corrected chi connectivity index (χ3v) is 3.92. The van der Waals surface area contributed by atoms with Crippen molar-refractivity contribution in [2.45, 2.75) is 6.92 Å². The molecule has 0 aliphatic heterocycles. The minimum atomic E-state index is -0.369. The van der Waals surface area contributed by atoms with E-state index in [0.717, 1.165) is 14.8 Å². The van der Waals surface area contributed by atoms with Crippen LogP contribution >= 0.6 is 22.7 Å². The molecule has 0 saturated heterocycles. The molecular weight excluding hydrogens is 230 g/mol. The maximum Gasteiger partial charge on any atom is 0.357 e. The number of ether oxygens (including phenoxy) is 1. The van der Waals surface area contributed by atoms with Crippen LogP contribution in [0.2, 0.25) is 0 Å². The van der Waals surface area contributed by atoms with E-state index in [1.807, 2.05) is 24.4 Å². The Morgan fingerprint density at radius 1 is 1.53 bits per heavy atom. The zero-order valence-corrected chi connectivity index (χ0v) is 9.95. The highest BCUT2D eigenvalue weighted by Gasteiger charge is 2.16. The first kappa shape index (κ1) is 10.3. The molecule has 0 atom stereocenters. The van der Waals surface area contributed by atoms with Gasteiger partial charge in [0.1, 0.15) is 5.01 Å². The van der Waals surface area contributed by atoms with Crippen molar-refractivity contribution in [1.29, 1.82) is 0 Å². The van der Waals surface area contributed by atoms with Gasteiger partial charge in [0.25, 0.3) is 0 Å². The number of thiazole rings is 1. The molecule has 0 bridgehead atoms. The Bertz CT molecular complexity index is 474. The van der Waals surface area contributed by atoms with E-state index in [4.69, 9.17) is 0 Å². The molecule has 78 valence electrons. The molecule has 15 heavy (non-hydrogen) atoms. The topological polar surface area (TPSA) is 39.2 Å². The van der Waals surface area contributed by atoms with Crippen molar-refractivity contribution in [2.75, 3.05) is 7.11 Å². The third kappa shape index (κ3) is 1.93. The first-order chi connectivity index (χ1) is 7.22. The number of rotatable bonds is 2. The molecule has 2 aromatic rings. The summed E-state index contributed by atoms with van der Waals surface area (Å²) in [6.07, 6.45) is 0. The van der Waals surface area contributed by atoms with Crippen LogP contribution in [-0.2, 0) is 4.74 Å². The zero-order valence-electron chi connectivity index (χ0n) is 8.31. The van der Waals surface area contributed by atoms with Gasteiger partial charge in [0.05, 0.1) is 12.0 Å². The van der Waals surface area contributed by atoms with Crippen LogP contribution in [0.25, 0.3) is 9.88 Å². The van der Waals surface area contributed by atoms with E-state index < -0.39 is 0 Å². The number of methoxy groups -OCH3 is 1. The van der Waals surface area contributed by atoms with Crippen molar-refractivity contribution in [3.63, 3.8) is 0 Å². The molecule has 0 aromatic carbocycles. The summed E-state index contributed by atoms with van der Waals surface area (Å²) in [6, 6.07) is 3.96. The van der Waals surface area contributed by atoms with Crippen LogP contribution in [0.3, 0.4) is 0 Å². The Morgan fingerprint density at radius 3 is 2.93 bits per heavy atom. The van der Waals surface area contributed by atoms with Crippen LogP contribution in [0.15, 0.2) is 17.5 Å². The summed E-state index contributed by atoms with van der Waals surface area (Å²) in [5, 5.41) is 2.87. The molecule has 0 fully saturated rings. The van der Waals surface area contributed by atoms with E-state index in [-0.39, 0.29) is 5.97 Å². The summed E-state index contributed by atoms with van der Waals surface area (Å²) in [7, 11) is 1.37. The second kappa shape index (κ2) is 4.12. The van der Waals surface area contributed by atoms with Crippen molar-refractivity contribution in [1.82, 2.24) is 4.98 Å². The van der Waals surface area contributed by atoms with Crippen molar-refractivity contribution < 1.29 is 9.53 Å². The average molecular weight is 239 g/mol. The van der Waals surface area contributed by atoms with Crippen molar-refractivity contribution in [3.8, 4) is 9.88 Å².